The highest BCUT2D eigenvalue weighted by atomic mass is 31.2. The molecule has 0 N–H and O–H groups in total. The van der Waals surface area contributed by atoms with Gasteiger partial charge >= 0.3 is 0 Å². The molecule has 9 rings (SSSR count). The standard InChI is InChI=1S/C44H31N4OP/c49-50(36-18-8-3-9-19-36,37-28-24-32(25-29-37)43-45-39-20-10-12-22-41(39)47(43)34-14-4-1-5-15-34)38-30-26-33(27-31-38)44-46-40-21-11-13-23-42(40)48(44)35-16-6-2-7-17-35/h1-31H. The molecular weight excluding hydrogens is 631 g/mol. The van der Waals surface area contributed by atoms with E-state index in [1.807, 2.05) is 152 Å². The molecule has 0 unspecified atom stereocenters. The Labute approximate surface area is 290 Å². The summed E-state index contributed by atoms with van der Waals surface area (Å²) in [6.45, 7) is 0. The molecule has 0 spiro atoms. The van der Waals surface area contributed by atoms with E-state index in [0.29, 0.717) is 0 Å². The van der Waals surface area contributed by atoms with Crippen LogP contribution in [0.1, 0.15) is 0 Å². The molecule has 238 valence electrons. The Bertz CT molecular complexity index is 2480. The number of rotatable bonds is 7. The third-order valence-electron chi connectivity index (χ3n) is 9.25. The Morgan fingerprint density at radius 2 is 0.700 bits per heavy atom. The largest absolute Gasteiger partial charge is 0.309 e. The fourth-order valence-electron chi connectivity index (χ4n) is 6.84. The molecule has 2 heterocycles. The third-order valence-corrected chi connectivity index (χ3v) is 12.3. The van der Waals surface area contributed by atoms with E-state index in [1.54, 1.807) is 0 Å². The van der Waals surface area contributed by atoms with E-state index < -0.39 is 7.14 Å². The first-order chi connectivity index (χ1) is 24.7. The Morgan fingerprint density at radius 1 is 0.360 bits per heavy atom. The second kappa shape index (κ2) is 12.3. The summed E-state index contributed by atoms with van der Waals surface area (Å²) in [6.07, 6.45) is 0. The van der Waals surface area contributed by atoms with Crippen LogP contribution in [0, 0.1) is 0 Å². The highest BCUT2D eigenvalue weighted by molar-refractivity contribution is 7.85. The van der Waals surface area contributed by atoms with Crippen LogP contribution in [0.3, 0.4) is 0 Å². The Morgan fingerprint density at radius 3 is 1.12 bits per heavy atom. The number of aromatic nitrogens is 4. The van der Waals surface area contributed by atoms with Crippen LogP contribution in [0.25, 0.3) is 56.2 Å². The number of nitrogens with zero attached hydrogens (tertiary/aromatic N) is 4. The molecule has 0 aliphatic carbocycles. The van der Waals surface area contributed by atoms with Crippen LogP contribution in [0.5, 0.6) is 0 Å². The van der Waals surface area contributed by atoms with Gasteiger partial charge in [0, 0.05) is 38.4 Å². The molecule has 0 atom stereocenters. The first kappa shape index (κ1) is 29.8. The smallest absolute Gasteiger partial charge is 0.171 e. The van der Waals surface area contributed by atoms with Gasteiger partial charge in [-0.1, -0.05) is 140 Å². The maximum atomic E-state index is 15.5. The van der Waals surface area contributed by atoms with Crippen molar-refractivity contribution in [3.05, 3.63) is 188 Å². The average Bonchev–Trinajstić information content (AvgIpc) is 3.78. The minimum absolute atomic E-state index is 0.763. The fourth-order valence-corrected chi connectivity index (χ4v) is 9.47. The van der Waals surface area contributed by atoms with Crippen molar-refractivity contribution < 1.29 is 4.57 Å². The van der Waals surface area contributed by atoms with E-state index in [4.69, 9.17) is 9.97 Å². The summed E-state index contributed by atoms with van der Waals surface area (Å²) in [5.74, 6) is 1.67. The van der Waals surface area contributed by atoms with Gasteiger partial charge in [0.25, 0.3) is 0 Å². The first-order valence-electron chi connectivity index (χ1n) is 16.6. The SMILES string of the molecule is O=P(c1ccccc1)(c1ccc(-c2nc3ccccc3n2-c2ccccc2)cc1)c1ccc(-c2nc3ccccc3n2-c2ccccc2)cc1. The molecule has 5 nitrogen and oxygen atoms in total. The first-order valence-corrected chi connectivity index (χ1v) is 18.3. The van der Waals surface area contributed by atoms with Gasteiger partial charge in [0.15, 0.2) is 7.14 Å². The second-order valence-electron chi connectivity index (χ2n) is 12.2. The molecule has 0 saturated carbocycles. The number of benzene rings is 7. The Hall–Kier alpha value is -6.29. The van der Waals surface area contributed by atoms with Gasteiger partial charge < -0.3 is 4.57 Å². The van der Waals surface area contributed by atoms with Gasteiger partial charge in [0.05, 0.1) is 22.1 Å². The van der Waals surface area contributed by atoms with Gasteiger partial charge in [-0.05, 0) is 48.5 Å². The summed E-state index contributed by atoms with van der Waals surface area (Å²) < 4.78 is 19.9. The molecule has 6 heteroatoms. The third kappa shape index (κ3) is 4.99. The van der Waals surface area contributed by atoms with E-state index in [2.05, 4.69) is 45.5 Å². The number of para-hydroxylation sites is 6. The molecule has 0 bridgehead atoms. The van der Waals surface area contributed by atoms with E-state index in [-0.39, 0.29) is 0 Å². The van der Waals surface area contributed by atoms with Crippen molar-refractivity contribution in [2.75, 3.05) is 0 Å². The molecule has 0 saturated heterocycles. The molecule has 0 fully saturated rings. The van der Waals surface area contributed by atoms with E-state index in [1.165, 1.54) is 0 Å². The quantitative estimate of drug-likeness (QED) is 0.160. The predicted octanol–water partition coefficient (Wildman–Crippen LogP) is 9.34. The van der Waals surface area contributed by atoms with Crippen LogP contribution in [0.2, 0.25) is 0 Å². The van der Waals surface area contributed by atoms with Crippen molar-refractivity contribution in [3.8, 4) is 34.2 Å². The van der Waals surface area contributed by atoms with Crippen molar-refractivity contribution in [2.45, 2.75) is 0 Å². The van der Waals surface area contributed by atoms with Gasteiger partial charge in [0.1, 0.15) is 11.6 Å². The van der Waals surface area contributed by atoms with Crippen LogP contribution in [-0.2, 0) is 4.57 Å². The minimum Gasteiger partial charge on any atom is -0.309 e. The van der Waals surface area contributed by atoms with Crippen LogP contribution in [0.15, 0.2) is 188 Å². The maximum absolute atomic E-state index is 15.5. The lowest BCUT2D eigenvalue weighted by molar-refractivity contribution is 0.592. The molecule has 50 heavy (non-hydrogen) atoms. The normalized spacial score (nSPS) is 11.7. The second-order valence-corrected chi connectivity index (χ2v) is 15.0. The molecule has 0 aliphatic heterocycles. The summed E-state index contributed by atoms with van der Waals surface area (Å²) in [5, 5.41) is 2.31. The monoisotopic (exact) mass is 662 g/mol. The summed E-state index contributed by atoms with van der Waals surface area (Å²) in [4.78, 5) is 10.1. The lowest BCUT2D eigenvalue weighted by atomic mass is 10.2. The van der Waals surface area contributed by atoms with Crippen molar-refractivity contribution >= 4 is 45.1 Å². The number of imidazole rings is 2. The van der Waals surface area contributed by atoms with E-state index in [9.17, 15) is 0 Å². The maximum Gasteiger partial charge on any atom is 0.171 e. The van der Waals surface area contributed by atoms with Crippen molar-refractivity contribution in [2.24, 2.45) is 0 Å². The van der Waals surface area contributed by atoms with Gasteiger partial charge in [0.2, 0.25) is 0 Å². The topological polar surface area (TPSA) is 52.7 Å². The zero-order valence-electron chi connectivity index (χ0n) is 27.0. The average molecular weight is 663 g/mol. The fraction of sp³-hybridized carbons (Fsp3) is 0. The number of hydrogen-bond donors (Lipinski definition) is 0. The van der Waals surface area contributed by atoms with Crippen molar-refractivity contribution in [1.82, 2.24) is 19.1 Å². The highest BCUT2D eigenvalue weighted by Crippen LogP contribution is 2.43. The van der Waals surface area contributed by atoms with Gasteiger partial charge in [-0.25, -0.2) is 9.97 Å². The highest BCUT2D eigenvalue weighted by Gasteiger charge is 2.30. The van der Waals surface area contributed by atoms with Gasteiger partial charge in [-0.3, -0.25) is 9.13 Å². The van der Waals surface area contributed by atoms with E-state index in [0.717, 1.165) is 72.1 Å². The summed E-state index contributed by atoms with van der Waals surface area (Å²) in [5.41, 5.74) is 7.89. The van der Waals surface area contributed by atoms with Crippen LogP contribution < -0.4 is 15.9 Å². The van der Waals surface area contributed by atoms with Gasteiger partial charge in [-0.15, -0.1) is 0 Å². The summed E-state index contributed by atoms with van der Waals surface area (Å²) in [6, 6.07) is 62.9. The van der Waals surface area contributed by atoms with E-state index >= 15 is 4.57 Å². The number of fused-ring (bicyclic) bond motifs is 2. The molecule has 0 amide bonds. The Balaban J connectivity index is 1.15. The lowest BCUT2D eigenvalue weighted by Crippen LogP contribution is -2.25. The molecular formula is C44H31N4OP. The molecule has 0 aliphatic rings. The Kier molecular flexibility index (Phi) is 7.34. The molecule has 7 aromatic carbocycles. The minimum atomic E-state index is -3.25. The molecule has 0 radical (unpaired) electrons. The zero-order chi connectivity index (χ0) is 33.5. The van der Waals surface area contributed by atoms with Crippen LogP contribution in [-0.4, -0.2) is 19.1 Å². The van der Waals surface area contributed by atoms with Crippen LogP contribution in [0.4, 0.5) is 0 Å². The lowest BCUT2D eigenvalue weighted by Gasteiger charge is -2.21. The molecule has 2 aromatic heterocycles. The zero-order valence-corrected chi connectivity index (χ0v) is 27.9. The predicted molar refractivity (Wildman–Crippen MR) is 206 cm³/mol. The van der Waals surface area contributed by atoms with Gasteiger partial charge in [-0.2, -0.15) is 0 Å². The van der Waals surface area contributed by atoms with Crippen molar-refractivity contribution in [3.63, 3.8) is 0 Å². The van der Waals surface area contributed by atoms with Crippen LogP contribution >= 0.6 is 7.14 Å². The molecule has 9 aromatic rings. The summed E-state index contributed by atoms with van der Waals surface area (Å²) in [7, 11) is -3.25. The summed E-state index contributed by atoms with van der Waals surface area (Å²) >= 11 is 0. The van der Waals surface area contributed by atoms with Crippen molar-refractivity contribution in [1.29, 1.82) is 0 Å². The number of hydrogen-bond acceptors (Lipinski definition) is 3.